The summed E-state index contributed by atoms with van der Waals surface area (Å²) in [5, 5.41) is 0. The summed E-state index contributed by atoms with van der Waals surface area (Å²) in [4.78, 5) is 12.4. The van der Waals surface area contributed by atoms with Crippen LogP contribution >= 0.6 is 0 Å². The van der Waals surface area contributed by atoms with Crippen LogP contribution in [0.2, 0.25) is 0 Å². The molecule has 0 heterocycles. The van der Waals surface area contributed by atoms with Crippen molar-refractivity contribution in [2.24, 2.45) is 17.8 Å². The van der Waals surface area contributed by atoms with Crippen molar-refractivity contribution < 1.29 is 9.53 Å². The second kappa shape index (κ2) is 7.62. The molecule has 0 spiro atoms. The minimum Gasteiger partial charge on any atom is -0.459 e. The fourth-order valence-corrected chi connectivity index (χ4v) is 3.34. The Balaban J connectivity index is 2.04. The molecular weight excluding hydrogens is 272 g/mol. The SMILES string of the molecule is C/C(=C/c1ccccc1)C(=O)OC1CC(C)CCC1C(C)C. The minimum absolute atomic E-state index is 0.0652. The first-order valence-corrected chi connectivity index (χ1v) is 8.41. The molecule has 3 atom stereocenters. The van der Waals surface area contributed by atoms with Gasteiger partial charge in [0.15, 0.2) is 0 Å². The summed E-state index contributed by atoms with van der Waals surface area (Å²) in [6.07, 6.45) is 5.37. The van der Waals surface area contributed by atoms with Gasteiger partial charge in [0.1, 0.15) is 6.10 Å². The van der Waals surface area contributed by atoms with E-state index < -0.39 is 0 Å². The highest BCUT2D eigenvalue weighted by atomic mass is 16.5. The highest BCUT2D eigenvalue weighted by Crippen LogP contribution is 2.35. The van der Waals surface area contributed by atoms with Crippen molar-refractivity contribution in [3.8, 4) is 0 Å². The summed E-state index contributed by atoms with van der Waals surface area (Å²) >= 11 is 0. The van der Waals surface area contributed by atoms with Crippen LogP contribution < -0.4 is 0 Å². The summed E-state index contributed by atoms with van der Waals surface area (Å²) in [7, 11) is 0. The molecule has 22 heavy (non-hydrogen) atoms. The Kier molecular flexibility index (Phi) is 5.82. The lowest BCUT2D eigenvalue weighted by Crippen LogP contribution is -2.36. The van der Waals surface area contributed by atoms with Gasteiger partial charge in [-0.05, 0) is 49.2 Å². The Morgan fingerprint density at radius 1 is 1.23 bits per heavy atom. The van der Waals surface area contributed by atoms with E-state index in [1.165, 1.54) is 6.42 Å². The van der Waals surface area contributed by atoms with E-state index >= 15 is 0 Å². The number of esters is 1. The molecule has 3 unspecified atom stereocenters. The van der Waals surface area contributed by atoms with Gasteiger partial charge in [-0.25, -0.2) is 4.79 Å². The van der Waals surface area contributed by atoms with Gasteiger partial charge in [-0.1, -0.05) is 57.5 Å². The number of hydrogen-bond acceptors (Lipinski definition) is 2. The molecule has 1 aromatic carbocycles. The number of benzene rings is 1. The Hall–Kier alpha value is -1.57. The van der Waals surface area contributed by atoms with E-state index in [-0.39, 0.29) is 12.1 Å². The molecule has 0 radical (unpaired) electrons. The van der Waals surface area contributed by atoms with Crippen molar-refractivity contribution in [2.75, 3.05) is 0 Å². The molecular formula is C20H28O2. The molecule has 0 aliphatic heterocycles. The molecule has 2 nitrogen and oxygen atoms in total. The predicted octanol–water partition coefficient (Wildman–Crippen LogP) is 5.09. The van der Waals surface area contributed by atoms with E-state index in [1.807, 2.05) is 43.3 Å². The van der Waals surface area contributed by atoms with Gasteiger partial charge in [0.25, 0.3) is 0 Å². The monoisotopic (exact) mass is 300 g/mol. The minimum atomic E-state index is -0.173. The van der Waals surface area contributed by atoms with Crippen LogP contribution in [0.15, 0.2) is 35.9 Å². The number of carbonyl (C=O) groups excluding carboxylic acids is 1. The Bertz CT molecular complexity index is 516. The predicted molar refractivity (Wildman–Crippen MR) is 91.3 cm³/mol. The van der Waals surface area contributed by atoms with Crippen molar-refractivity contribution in [1.29, 1.82) is 0 Å². The topological polar surface area (TPSA) is 26.3 Å². The first-order chi connectivity index (χ1) is 10.5. The molecule has 0 aromatic heterocycles. The molecule has 0 amide bonds. The lowest BCUT2D eigenvalue weighted by molar-refractivity contribution is -0.150. The smallest absolute Gasteiger partial charge is 0.334 e. The fourth-order valence-electron chi connectivity index (χ4n) is 3.34. The maximum atomic E-state index is 12.4. The Labute approximate surface area is 134 Å². The average molecular weight is 300 g/mol. The first-order valence-electron chi connectivity index (χ1n) is 8.41. The molecule has 0 N–H and O–H groups in total. The fraction of sp³-hybridized carbons (Fsp3) is 0.550. The van der Waals surface area contributed by atoms with Gasteiger partial charge in [0, 0.05) is 5.57 Å². The third kappa shape index (κ3) is 4.46. The second-order valence-corrected chi connectivity index (χ2v) is 7.01. The van der Waals surface area contributed by atoms with Gasteiger partial charge < -0.3 is 4.74 Å². The van der Waals surface area contributed by atoms with E-state index in [9.17, 15) is 4.79 Å². The average Bonchev–Trinajstić information content (AvgIpc) is 2.48. The molecule has 0 bridgehead atoms. The molecule has 1 saturated carbocycles. The molecule has 2 rings (SSSR count). The molecule has 1 aliphatic carbocycles. The van der Waals surface area contributed by atoms with E-state index in [0.29, 0.717) is 23.3 Å². The lowest BCUT2D eigenvalue weighted by atomic mass is 9.75. The van der Waals surface area contributed by atoms with Gasteiger partial charge in [0.2, 0.25) is 0 Å². The lowest BCUT2D eigenvalue weighted by Gasteiger charge is -2.36. The maximum absolute atomic E-state index is 12.4. The summed E-state index contributed by atoms with van der Waals surface area (Å²) < 4.78 is 5.86. The third-order valence-corrected chi connectivity index (χ3v) is 4.72. The summed E-state index contributed by atoms with van der Waals surface area (Å²) in [6.45, 7) is 8.55. The van der Waals surface area contributed by atoms with Crippen molar-refractivity contribution in [3.63, 3.8) is 0 Å². The van der Waals surface area contributed by atoms with Crippen molar-refractivity contribution in [1.82, 2.24) is 0 Å². The molecule has 120 valence electrons. The van der Waals surface area contributed by atoms with E-state index in [1.54, 1.807) is 0 Å². The van der Waals surface area contributed by atoms with Gasteiger partial charge in [-0.3, -0.25) is 0 Å². The summed E-state index contributed by atoms with van der Waals surface area (Å²) in [5.74, 6) is 1.52. The van der Waals surface area contributed by atoms with Gasteiger partial charge in [-0.2, -0.15) is 0 Å². The van der Waals surface area contributed by atoms with Crippen LogP contribution in [0.3, 0.4) is 0 Å². The first kappa shape index (κ1) is 16.8. The number of carbonyl (C=O) groups is 1. The van der Waals surface area contributed by atoms with Crippen molar-refractivity contribution >= 4 is 12.0 Å². The summed E-state index contributed by atoms with van der Waals surface area (Å²) in [6, 6.07) is 9.92. The largest absolute Gasteiger partial charge is 0.459 e. The zero-order valence-electron chi connectivity index (χ0n) is 14.2. The van der Waals surface area contributed by atoms with Crippen molar-refractivity contribution in [2.45, 2.75) is 53.1 Å². The third-order valence-electron chi connectivity index (χ3n) is 4.72. The molecule has 1 fully saturated rings. The highest BCUT2D eigenvalue weighted by molar-refractivity contribution is 5.93. The molecule has 1 aromatic rings. The van der Waals surface area contributed by atoms with Crippen LogP contribution in [-0.4, -0.2) is 12.1 Å². The Morgan fingerprint density at radius 2 is 1.91 bits per heavy atom. The quantitative estimate of drug-likeness (QED) is 0.571. The zero-order chi connectivity index (χ0) is 16.1. The molecule has 0 saturated heterocycles. The van der Waals surface area contributed by atoms with E-state index in [4.69, 9.17) is 4.74 Å². The van der Waals surface area contributed by atoms with Crippen LogP contribution in [0.25, 0.3) is 6.08 Å². The highest BCUT2D eigenvalue weighted by Gasteiger charge is 2.33. The van der Waals surface area contributed by atoms with Crippen LogP contribution in [0.4, 0.5) is 0 Å². The van der Waals surface area contributed by atoms with Crippen molar-refractivity contribution in [3.05, 3.63) is 41.5 Å². The maximum Gasteiger partial charge on any atom is 0.334 e. The second-order valence-electron chi connectivity index (χ2n) is 7.01. The normalized spacial score (nSPS) is 26.0. The molecule has 1 aliphatic rings. The van der Waals surface area contributed by atoms with Gasteiger partial charge in [0.05, 0.1) is 0 Å². The van der Waals surface area contributed by atoms with Crippen LogP contribution in [-0.2, 0) is 9.53 Å². The number of rotatable bonds is 4. The van der Waals surface area contributed by atoms with Crippen LogP contribution in [0, 0.1) is 17.8 Å². The van der Waals surface area contributed by atoms with Gasteiger partial charge >= 0.3 is 5.97 Å². The van der Waals surface area contributed by atoms with E-state index in [0.717, 1.165) is 18.4 Å². The van der Waals surface area contributed by atoms with Crippen LogP contribution in [0.1, 0.15) is 52.5 Å². The number of hydrogen-bond donors (Lipinski definition) is 0. The van der Waals surface area contributed by atoms with E-state index in [2.05, 4.69) is 20.8 Å². The van der Waals surface area contributed by atoms with Crippen LogP contribution in [0.5, 0.6) is 0 Å². The number of ether oxygens (including phenoxy) is 1. The zero-order valence-corrected chi connectivity index (χ0v) is 14.2. The standard InChI is InChI=1S/C20H28O2/c1-14(2)18-11-10-15(3)12-19(18)22-20(21)16(4)13-17-8-6-5-7-9-17/h5-9,13-15,18-19H,10-12H2,1-4H3/b16-13-. The molecule has 2 heteroatoms. The van der Waals surface area contributed by atoms with Gasteiger partial charge in [-0.15, -0.1) is 0 Å². The Morgan fingerprint density at radius 3 is 2.55 bits per heavy atom. The summed E-state index contributed by atoms with van der Waals surface area (Å²) in [5.41, 5.74) is 1.71.